The molecule has 1 aromatic heterocycles. The molecule has 0 amide bonds. The molecule has 0 atom stereocenters. The van der Waals surface area contributed by atoms with E-state index in [1.807, 2.05) is 12.3 Å². The molecule has 1 fully saturated rings. The minimum atomic E-state index is -0.219. The summed E-state index contributed by atoms with van der Waals surface area (Å²) in [5.41, 5.74) is 2.04. The lowest BCUT2D eigenvalue weighted by Crippen LogP contribution is -2.23. The molecule has 1 aliphatic carbocycles. The number of fused-ring (bicyclic) bond motifs is 1. The highest BCUT2D eigenvalue weighted by Crippen LogP contribution is 2.29. The Morgan fingerprint density at radius 2 is 1.92 bits per heavy atom. The van der Waals surface area contributed by atoms with E-state index in [2.05, 4.69) is 34.7 Å². The van der Waals surface area contributed by atoms with Gasteiger partial charge in [0.1, 0.15) is 11.6 Å². The van der Waals surface area contributed by atoms with E-state index >= 15 is 0 Å². The monoisotopic (exact) mass is 352 g/mol. The van der Waals surface area contributed by atoms with E-state index < -0.39 is 0 Å². The van der Waals surface area contributed by atoms with Crippen LogP contribution in [0.3, 0.4) is 0 Å². The summed E-state index contributed by atoms with van der Waals surface area (Å²) in [4.78, 5) is 2.41. The smallest absolute Gasteiger partial charge is 0.123 e. The van der Waals surface area contributed by atoms with Crippen molar-refractivity contribution in [1.82, 2.24) is 9.47 Å². The zero-order valence-electron chi connectivity index (χ0n) is 15.2. The summed E-state index contributed by atoms with van der Waals surface area (Å²) in [6.07, 6.45) is 5.85. The van der Waals surface area contributed by atoms with E-state index in [0.29, 0.717) is 0 Å². The van der Waals surface area contributed by atoms with Gasteiger partial charge in [0.25, 0.3) is 0 Å². The number of ether oxygens (including phenoxy) is 1. The molecule has 0 bridgehead atoms. The highest BCUT2D eigenvalue weighted by molar-refractivity contribution is 5.83. The number of hydrogen-bond donors (Lipinski definition) is 0. The zero-order chi connectivity index (χ0) is 17.9. The van der Waals surface area contributed by atoms with Crippen molar-refractivity contribution in [2.24, 2.45) is 5.92 Å². The second-order valence-corrected chi connectivity index (χ2v) is 7.29. The predicted octanol–water partition coefficient (Wildman–Crippen LogP) is 4.88. The van der Waals surface area contributed by atoms with Gasteiger partial charge in [-0.2, -0.15) is 0 Å². The number of hydrogen-bond acceptors (Lipinski definition) is 2. The Labute approximate surface area is 154 Å². The first-order valence-corrected chi connectivity index (χ1v) is 9.37. The van der Waals surface area contributed by atoms with Crippen molar-refractivity contribution in [3.8, 4) is 11.4 Å². The van der Waals surface area contributed by atoms with Gasteiger partial charge in [-0.25, -0.2) is 4.39 Å². The van der Waals surface area contributed by atoms with Crippen LogP contribution in [0.5, 0.6) is 5.75 Å². The second-order valence-electron chi connectivity index (χ2n) is 7.29. The minimum Gasteiger partial charge on any atom is -0.494 e. The van der Waals surface area contributed by atoms with Crippen molar-refractivity contribution in [2.45, 2.75) is 19.3 Å². The Balaban J connectivity index is 1.36. The van der Waals surface area contributed by atoms with Crippen LogP contribution in [0, 0.1) is 11.7 Å². The normalized spacial score (nSPS) is 14.3. The van der Waals surface area contributed by atoms with Gasteiger partial charge >= 0.3 is 0 Å². The number of halogens is 1. The maximum atomic E-state index is 13.1. The van der Waals surface area contributed by atoms with Crippen LogP contribution in [0.4, 0.5) is 4.39 Å². The molecule has 1 saturated carbocycles. The molecule has 0 aliphatic heterocycles. The molecule has 3 aromatic rings. The van der Waals surface area contributed by atoms with Crippen LogP contribution in [0.1, 0.15) is 19.3 Å². The first-order chi connectivity index (χ1) is 12.7. The van der Waals surface area contributed by atoms with Gasteiger partial charge in [-0.1, -0.05) is 0 Å². The highest BCUT2D eigenvalue weighted by Gasteiger charge is 2.22. The molecule has 4 rings (SSSR count). The van der Waals surface area contributed by atoms with Crippen LogP contribution in [0.2, 0.25) is 0 Å². The fraction of sp³-hybridized carbons (Fsp3) is 0.364. The Morgan fingerprint density at radius 1 is 1.12 bits per heavy atom. The largest absolute Gasteiger partial charge is 0.494 e. The topological polar surface area (TPSA) is 17.4 Å². The summed E-state index contributed by atoms with van der Waals surface area (Å²) in [6.45, 7) is 3.04. The van der Waals surface area contributed by atoms with Crippen LogP contribution in [0.25, 0.3) is 16.6 Å². The van der Waals surface area contributed by atoms with Crippen LogP contribution < -0.4 is 4.74 Å². The molecule has 3 nitrogen and oxygen atoms in total. The molecule has 1 aliphatic rings. The van der Waals surface area contributed by atoms with Crippen LogP contribution >= 0.6 is 0 Å². The van der Waals surface area contributed by atoms with Gasteiger partial charge in [-0.3, -0.25) is 0 Å². The predicted molar refractivity (Wildman–Crippen MR) is 104 cm³/mol. The summed E-state index contributed by atoms with van der Waals surface area (Å²) in [5, 5.41) is 1.12. The lowest BCUT2D eigenvalue weighted by Gasteiger charge is -2.16. The molecular weight excluding hydrogens is 327 g/mol. The lowest BCUT2D eigenvalue weighted by molar-refractivity contribution is 0.258. The molecule has 0 unspecified atom stereocenters. The third-order valence-corrected chi connectivity index (χ3v) is 4.99. The zero-order valence-corrected chi connectivity index (χ0v) is 15.2. The van der Waals surface area contributed by atoms with E-state index in [1.165, 1.54) is 31.5 Å². The van der Waals surface area contributed by atoms with E-state index in [0.717, 1.165) is 47.8 Å². The summed E-state index contributed by atoms with van der Waals surface area (Å²) in [6, 6.07) is 14.8. The number of rotatable bonds is 8. The Hall–Kier alpha value is -2.33. The average molecular weight is 352 g/mol. The lowest BCUT2D eigenvalue weighted by atomic mass is 10.2. The molecule has 2 aromatic carbocycles. The number of aromatic nitrogens is 1. The van der Waals surface area contributed by atoms with Crippen LogP contribution in [0.15, 0.2) is 54.7 Å². The van der Waals surface area contributed by atoms with Gasteiger partial charge in [-0.15, -0.1) is 0 Å². The van der Waals surface area contributed by atoms with E-state index in [9.17, 15) is 4.39 Å². The van der Waals surface area contributed by atoms with E-state index in [-0.39, 0.29) is 5.82 Å². The quantitative estimate of drug-likeness (QED) is 0.538. The summed E-state index contributed by atoms with van der Waals surface area (Å²) < 4.78 is 21.1. The maximum absolute atomic E-state index is 13.1. The molecular formula is C22H25FN2O. The van der Waals surface area contributed by atoms with Crippen molar-refractivity contribution in [1.29, 1.82) is 0 Å². The first kappa shape index (κ1) is 17.1. The van der Waals surface area contributed by atoms with E-state index in [1.54, 1.807) is 12.1 Å². The summed E-state index contributed by atoms with van der Waals surface area (Å²) in [5.74, 6) is 1.62. The van der Waals surface area contributed by atoms with Gasteiger partial charge in [0.15, 0.2) is 0 Å². The molecule has 4 heteroatoms. The van der Waals surface area contributed by atoms with Crippen molar-refractivity contribution in [3.05, 3.63) is 60.5 Å². The van der Waals surface area contributed by atoms with Crippen molar-refractivity contribution in [3.63, 3.8) is 0 Å². The standard InChI is InChI=1S/C22H25FN2O/c1-24(16-17-3-4-17)12-2-14-26-21-9-10-22-18(15-21)11-13-25(22)20-7-5-19(23)6-8-20/h5-11,13,15,17H,2-4,12,14,16H2,1H3. The molecule has 0 radical (unpaired) electrons. The molecule has 0 saturated heterocycles. The fourth-order valence-electron chi connectivity index (χ4n) is 3.39. The van der Waals surface area contributed by atoms with Crippen LogP contribution in [-0.4, -0.2) is 36.2 Å². The third-order valence-electron chi connectivity index (χ3n) is 4.99. The van der Waals surface area contributed by atoms with Gasteiger partial charge in [-0.05, 0) is 80.8 Å². The van der Waals surface area contributed by atoms with Crippen LogP contribution in [-0.2, 0) is 0 Å². The van der Waals surface area contributed by atoms with Gasteiger partial charge in [0, 0.05) is 30.4 Å². The Morgan fingerprint density at radius 3 is 2.69 bits per heavy atom. The van der Waals surface area contributed by atoms with Crippen molar-refractivity contribution >= 4 is 10.9 Å². The highest BCUT2D eigenvalue weighted by atomic mass is 19.1. The maximum Gasteiger partial charge on any atom is 0.123 e. The molecule has 1 heterocycles. The molecule has 26 heavy (non-hydrogen) atoms. The van der Waals surface area contributed by atoms with Crippen molar-refractivity contribution < 1.29 is 9.13 Å². The molecule has 136 valence electrons. The average Bonchev–Trinajstić information content (AvgIpc) is 3.35. The first-order valence-electron chi connectivity index (χ1n) is 9.37. The minimum absolute atomic E-state index is 0.219. The number of benzene rings is 2. The summed E-state index contributed by atoms with van der Waals surface area (Å²) >= 11 is 0. The fourth-order valence-corrected chi connectivity index (χ4v) is 3.39. The second kappa shape index (κ2) is 7.50. The molecule has 0 N–H and O–H groups in total. The van der Waals surface area contributed by atoms with E-state index in [4.69, 9.17) is 4.74 Å². The summed E-state index contributed by atoms with van der Waals surface area (Å²) in [7, 11) is 2.20. The third kappa shape index (κ3) is 4.07. The van der Waals surface area contributed by atoms with Gasteiger partial charge < -0.3 is 14.2 Å². The Kier molecular flexibility index (Phi) is 4.93. The molecule has 0 spiro atoms. The van der Waals surface area contributed by atoms with Crippen molar-refractivity contribution in [2.75, 3.05) is 26.7 Å². The van der Waals surface area contributed by atoms with Gasteiger partial charge in [0.2, 0.25) is 0 Å². The Bertz CT molecular complexity index is 867. The van der Waals surface area contributed by atoms with Gasteiger partial charge in [0.05, 0.1) is 12.1 Å². The number of nitrogens with zero attached hydrogens (tertiary/aromatic N) is 2. The SMILES string of the molecule is CN(CCCOc1ccc2c(ccn2-c2ccc(F)cc2)c1)CC1CC1.